The summed E-state index contributed by atoms with van der Waals surface area (Å²) in [5.74, 6) is -0.0885. The smallest absolute Gasteiger partial charge is 0.336 e. The molecule has 0 spiro atoms. The van der Waals surface area contributed by atoms with Crippen LogP contribution in [-0.4, -0.2) is 72.8 Å². The first-order valence-electron chi connectivity index (χ1n) is 12.7. The second-order valence-corrected chi connectivity index (χ2v) is 13.1. The lowest BCUT2D eigenvalue weighted by Crippen LogP contribution is -2.56. The van der Waals surface area contributed by atoms with Gasteiger partial charge in [-0.05, 0) is 25.7 Å². The number of aromatic nitrogens is 3. The fraction of sp³-hybridized carbons (Fsp3) is 0.720. The van der Waals surface area contributed by atoms with Gasteiger partial charge in [-0.1, -0.05) is 48.4 Å². The third-order valence-corrected chi connectivity index (χ3v) is 7.55. The molecule has 1 heterocycles. The summed E-state index contributed by atoms with van der Waals surface area (Å²) in [6, 6.07) is -0.518. The first-order valence-corrected chi connectivity index (χ1v) is 15.2. The molecule has 1 aromatic rings. The topological polar surface area (TPSA) is 159 Å². The molecule has 0 saturated heterocycles. The van der Waals surface area contributed by atoms with Gasteiger partial charge in [-0.2, -0.15) is 0 Å². The van der Waals surface area contributed by atoms with E-state index in [1.807, 2.05) is 20.8 Å². The van der Waals surface area contributed by atoms with Crippen molar-refractivity contribution < 1.29 is 29.3 Å². The fourth-order valence-electron chi connectivity index (χ4n) is 3.45. The number of hydrogen-bond acceptors (Lipinski definition) is 11. The third kappa shape index (κ3) is 12.6. The SMILES string of the molecule is C=CCn1c(=O)n(CC(O)COC(=O)CCSSCCC(=O)OCC(O)CC(C)(C)C)c(=O)n(C(C)C)c1=O. The van der Waals surface area contributed by atoms with Gasteiger partial charge >= 0.3 is 29.0 Å². The van der Waals surface area contributed by atoms with Crippen LogP contribution >= 0.6 is 21.6 Å². The number of carbonyl (C=O) groups is 2. The number of nitrogens with zero attached hydrogens (tertiary/aromatic N) is 3. The molecule has 39 heavy (non-hydrogen) atoms. The molecule has 0 aliphatic heterocycles. The van der Waals surface area contributed by atoms with Crippen LogP contribution in [-0.2, 0) is 32.2 Å². The number of rotatable bonds is 17. The van der Waals surface area contributed by atoms with Crippen LogP contribution in [0.25, 0.3) is 0 Å². The number of ether oxygens (including phenoxy) is 2. The molecule has 0 fully saturated rings. The molecule has 0 bridgehead atoms. The lowest BCUT2D eigenvalue weighted by atomic mass is 9.89. The summed E-state index contributed by atoms with van der Waals surface area (Å²) in [5.41, 5.74) is -2.57. The summed E-state index contributed by atoms with van der Waals surface area (Å²) >= 11 is 0. The van der Waals surface area contributed by atoms with Crippen LogP contribution in [0.2, 0.25) is 0 Å². The molecule has 2 atom stereocenters. The minimum Gasteiger partial charge on any atom is -0.463 e. The molecular formula is C25H41N3O9S2. The van der Waals surface area contributed by atoms with Crippen molar-refractivity contribution >= 4 is 33.5 Å². The van der Waals surface area contributed by atoms with E-state index in [4.69, 9.17) is 9.47 Å². The second-order valence-electron chi connectivity index (χ2n) is 10.4. The first kappa shape index (κ1) is 34.7. The summed E-state index contributed by atoms with van der Waals surface area (Å²) in [6.45, 7) is 11.7. The molecule has 1 aromatic heterocycles. The zero-order valence-corrected chi connectivity index (χ0v) is 24.9. The van der Waals surface area contributed by atoms with Crippen LogP contribution in [0.15, 0.2) is 27.0 Å². The van der Waals surface area contributed by atoms with Crippen molar-refractivity contribution in [3.8, 4) is 0 Å². The van der Waals surface area contributed by atoms with Crippen molar-refractivity contribution in [2.24, 2.45) is 5.41 Å². The van der Waals surface area contributed by atoms with Crippen LogP contribution in [0.4, 0.5) is 0 Å². The van der Waals surface area contributed by atoms with Crippen molar-refractivity contribution in [2.75, 3.05) is 24.7 Å². The Hall–Kier alpha value is -2.29. The fourth-order valence-corrected chi connectivity index (χ4v) is 5.40. The van der Waals surface area contributed by atoms with Gasteiger partial charge < -0.3 is 19.7 Å². The highest BCUT2D eigenvalue weighted by molar-refractivity contribution is 8.76. The summed E-state index contributed by atoms with van der Waals surface area (Å²) in [5, 5.41) is 20.2. The minimum absolute atomic E-state index is 0.0348. The zero-order chi connectivity index (χ0) is 29.8. The Kier molecular flexibility index (Phi) is 14.9. The average Bonchev–Trinajstić information content (AvgIpc) is 2.82. The Bertz CT molecular complexity index is 1140. The van der Waals surface area contributed by atoms with Crippen molar-refractivity contribution in [1.82, 2.24) is 13.7 Å². The van der Waals surface area contributed by atoms with Crippen molar-refractivity contribution in [2.45, 2.75) is 85.2 Å². The van der Waals surface area contributed by atoms with E-state index in [-0.39, 0.29) is 31.4 Å². The van der Waals surface area contributed by atoms with Crippen molar-refractivity contribution in [1.29, 1.82) is 0 Å². The summed E-state index contributed by atoms with van der Waals surface area (Å²) in [4.78, 5) is 61.6. The Morgan fingerprint density at radius 3 is 1.85 bits per heavy atom. The highest BCUT2D eigenvalue weighted by Crippen LogP contribution is 2.23. The van der Waals surface area contributed by atoms with Gasteiger partial charge in [0.1, 0.15) is 19.3 Å². The molecule has 2 N–H and O–H groups in total. The predicted octanol–water partition coefficient (Wildman–Crippen LogP) is 1.34. The van der Waals surface area contributed by atoms with E-state index >= 15 is 0 Å². The molecule has 0 saturated carbocycles. The highest BCUT2D eigenvalue weighted by atomic mass is 33.1. The molecule has 2 unspecified atom stereocenters. The maximum absolute atomic E-state index is 12.7. The standard InChI is InChI=1S/C25H41N3O9S2/c1-7-10-26-22(33)27(24(35)28(17(2)3)23(26)34)14-19(30)16-37-21(32)9-12-39-38-11-8-20(31)36-15-18(29)13-25(4,5)6/h7,17-19,29-30H,1,8-16H2,2-6H3. The molecule has 222 valence electrons. The van der Waals surface area contributed by atoms with E-state index < -0.39 is 60.4 Å². The van der Waals surface area contributed by atoms with E-state index in [0.717, 1.165) is 13.7 Å². The van der Waals surface area contributed by atoms with E-state index in [1.165, 1.54) is 27.7 Å². The van der Waals surface area contributed by atoms with Gasteiger partial charge in [0.15, 0.2) is 0 Å². The van der Waals surface area contributed by atoms with Gasteiger partial charge in [-0.3, -0.25) is 9.59 Å². The number of aliphatic hydroxyl groups excluding tert-OH is 2. The van der Waals surface area contributed by atoms with Crippen molar-refractivity contribution in [3.05, 3.63) is 44.1 Å². The van der Waals surface area contributed by atoms with Crippen molar-refractivity contribution in [3.63, 3.8) is 0 Å². The number of hydrogen-bond donors (Lipinski definition) is 2. The molecule has 1 rings (SSSR count). The summed E-state index contributed by atoms with van der Waals surface area (Å²) in [6.07, 6.45) is 0.0607. The van der Waals surface area contributed by atoms with E-state index in [9.17, 15) is 34.2 Å². The van der Waals surface area contributed by atoms with Crippen LogP contribution in [0, 0.1) is 5.41 Å². The van der Waals surface area contributed by atoms with E-state index in [0.29, 0.717) is 17.9 Å². The molecule has 0 amide bonds. The molecule has 14 heteroatoms. The Morgan fingerprint density at radius 1 is 0.897 bits per heavy atom. The van der Waals surface area contributed by atoms with Crippen LogP contribution in [0.1, 0.15) is 59.9 Å². The van der Waals surface area contributed by atoms with Gasteiger partial charge in [-0.25, -0.2) is 28.1 Å². The Labute approximate surface area is 235 Å². The number of esters is 2. The summed E-state index contributed by atoms with van der Waals surface area (Å²) in [7, 11) is 2.77. The molecule has 0 radical (unpaired) electrons. The number of aliphatic hydroxyl groups is 2. The lowest BCUT2D eigenvalue weighted by molar-refractivity contribution is -0.147. The quantitative estimate of drug-likeness (QED) is 0.117. The van der Waals surface area contributed by atoms with E-state index in [2.05, 4.69) is 6.58 Å². The lowest BCUT2D eigenvalue weighted by Gasteiger charge is -2.21. The molecule has 0 aromatic carbocycles. The summed E-state index contributed by atoms with van der Waals surface area (Å²) < 4.78 is 12.6. The maximum atomic E-state index is 12.7. The predicted molar refractivity (Wildman–Crippen MR) is 152 cm³/mol. The van der Waals surface area contributed by atoms with Crippen LogP contribution in [0.3, 0.4) is 0 Å². The molecule has 0 aliphatic carbocycles. The van der Waals surface area contributed by atoms with Gasteiger partial charge in [-0.15, -0.1) is 6.58 Å². The molecule has 0 aliphatic rings. The minimum atomic E-state index is -1.34. The van der Waals surface area contributed by atoms with Crippen LogP contribution in [0.5, 0.6) is 0 Å². The highest BCUT2D eigenvalue weighted by Gasteiger charge is 2.20. The monoisotopic (exact) mass is 591 g/mol. The number of carbonyl (C=O) groups excluding carboxylic acids is 2. The van der Waals surface area contributed by atoms with E-state index in [1.54, 1.807) is 13.8 Å². The third-order valence-electron chi connectivity index (χ3n) is 5.14. The Balaban J connectivity index is 2.41. The van der Waals surface area contributed by atoms with Crippen LogP contribution < -0.4 is 17.1 Å². The Morgan fingerprint density at radius 2 is 1.38 bits per heavy atom. The average molecular weight is 592 g/mol. The largest absolute Gasteiger partial charge is 0.463 e. The molecular weight excluding hydrogens is 550 g/mol. The second kappa shape index (κ2) is 16.7. The normalized spacial score (nSPS) is 13.2. The molecule has 12 nitrogen and oxygen atoms in total. The van der Waals surface area contributed by atoms with Gasteiger partial charge in [0.05, 0.1) is 32.0 Å². The van der Waals surface area contributed by atoms with Gasteiger partial charge in [0, 0.05) is 17.5 Å². The van der Waals surface area contributed by atoms with Gasteiger partial charge in [0.2, 0.25) is 0 Å². The van der Waals surface area contributed by atoms with Gasteiger partial charge in [0.25, 0.3) is 0 Å². The zero-order valence-electron chi connectivity index (χ0n) is 23.3. The first-order chi connectivity index (χ1) is 18.2. The number of allylic oxidation sites excluding steroid dienone is 1. The maximum Gasteiger partial charge on any atom is 0.336 e.